The number of hydrogen-bond acceptors (Lipinski definition) is 3. The number of benzene rings is 1. The molecule has 1 heterocycles. The van der Waals surface area contributed by atoms with Crippen LogP contribution < -0.4 is 4.90 Å². The van der Waals surface area contributed by atoms with E-state index in [1.807, 2.05) is 22.8 Å². The van der Waals surface area contributed by atoms with Crippen molar-refractivity contribution < 1.29 is 14.3 Å². The van der Waals surface area contributed by atoms with Crippen LogP contribution >= 0.6 is 0 Å². The molecule has 1 N–H and O–H groups in total. The van der Waals surface area contributed by atoms with Crippen molar-refractivity contribution in [1.29, 1.82) is 0 Å². The number of carbonyl (C=O) groups is 1. The molecule has 0 bridgehead atoms. The number of halogens is 1. The van der Waals surface area contributed by atoms with E-state index in [9.17, 15) is 14.3 Å². The van der Waals surface area contributed by atoms with Gasteiger partial charge in [-0.1, -0.05) is 6.07 Å². The number of nitrogens with zero attached hydrogens (tertiary/aromatic N) is 2. The van der Waals surface area contributed by atoms with Crippen LogP contribution in [0.15, 0.2) is 18.2 Å². The summed E-state index contributed by atoms with van der Waals surface area (Å²) in [5.74, 6) is -0.419. The van der Waals surface area contributed by atoms with E-state index >= 15 is 0 Å². The summed E-state index contributed by atoms with van der Waals surface area (Å²) in [6.07, 6.45) is 2.41. The fraction of sp³-hybridized carbons (Fsp3) is 0.562. The van der Waals surface area contributed by atoms with Crippen LogP contribution in [0.1, 0.15) is 18.4 Å². The third-order valence-electron chi connectivity index (χ3n) is 4.41. The summed E-state index contributed by atoms with van der Waals surface area (Å²) in [7, 11) is 0. The quantitative estimate of drug-likeness (QED) is 0.923. The van der Waals surface area contributed by atoms with Crippen molar-refractivity contribution in [2.45, 2.75) is 25.8 Å². The molecule has 4 nitrogen and oxygen atoms in total. The van der Waals surface area contributed by atoms with Gasteiger partial charge in [0.1, 0.15) is 11.9 Å². The van der Waals surface area contributed by atoms with Gasteiger partial charge in [0.25, 0.3) is 0 Å². The van der Waals surface area contributed by atoms with E-state index < -0.39 is 12.0 Å². The molecule has 1 atom stereocenters. The maximum absolute atomic E-state index is 14.1. The summed E-state index contributed by atoms with van der Waals surface area (Å²) >= 11 is 0. The van der Waals surface area contributed by atoms with Gasteiger partial charge in [0.05, 0.1) is 5.69 Å². The number of rotatable bonds is 4. The average molecular weight is 292 g/mol. The molecule has 3 rings (SSSR count). The van der Waals surface area contributed by atoms with Gasteiger partial charge in [0.15, 0.2) is 0 Å². The summed E-state index contributed by atoms with van der Waals surface area (Å²) in [6, 6.07) is 4.58. The van der Waals surface area contributed by atoms with Crippen LogP contribution in [0.3, 0.4) is 0 Å². The van der Waals surface area contributed by atoms with Crippen molar-refractivity contribution in [3.8, 4) is 0 Å². The van der Waals surface area contributed by atoms with E-state index in [2.05, 4.69) is 0 Å². The third-order valence-corrected chi connectivity index (χ3v) is 4.41. The molecule has 1 aliphatic heterocycles. The van der Waals surface area contributed by atoms with Gasteiger partial charge >= 0.3 is 5.97 Å². The minimum absolute atomic E-state index is 0.269. The maximum atomic E-state index is 14.1. The van der Waals surface area contributed by atoms with E-state index in [1.54, 1.807) is 6.07 Å². The zero-order valence-corrected chi connectivity index (χ0v) is 12.3. The number of hydrogen-bond donors (Lipinski definition) is 1. The van der Waals surface area contributed by atoms with Crippen LogP contribution in [-0.2, 0) is 4.79 Å². The number of aryl methyl sites for hydroxylation is 1. The molecule has 0 unspecified atom stereocenters. The minimum atomic E-state index is -0.812. The van der Waals surface area contributed by atoms with Gasteiger partial charge in [0.2, 0.25) is 0 Å². The van der Waals surface area contributed by atoms with E-state index in [-0.39, 0.29) is 5.82 Å². The molecular formula is C16H21FN2O2. The van der Waals surface area contributed by atoms with Crippen molar-refractivity contribution in [2.24, 2.45) is 5.92 Å². The van der Waals surface area contributed by atoms with Gasteiger partial charge < -0.3 is 10.0 Å². The second-order valence-electron chi connectivity index (χ2n) is 6.19. The fourth-order valence-corrected chi connectivity index (χ4v) is 2.99. The molecule has 5 heteroatoms. The molecule has 1 saturated heterocycles. The summed E-state index contributed by atoms with van der Waals surface area (Å²) in [5, 5.41) is 9.46. The molecule has 2 fully saturated rings. The monoisotopic (exact) mass is 292 g/mol. The average Bonchev–Trinajstić information content (AvgIpc) is 3.23. The van der Waals surface area contributed by atoms with Gasteiger partial charge in [-0.15, -0.1) is 0 Å². The first kappa shape index (κ1) is 14.3. The lowest BCUT2D eigenvalue weighted by molar-refractivity contribution is -0.143. The van der Waals surface area contributed by atoms with Crippen LogP contribution in [-0.4, -0.2) is 48.2 Å². The Labute approximate surface area is 124 Å². The first-order valence-electron chi connectivity index (χ1n) is 7.52. The van der Waals surface area contributed by atoms with Crippen molar-refractivity contribution >= 4 is 11.7 Å². The largest absolute Gasteiger partial charge is 0.480 e. The van der Waals surface area contributed by atoms with Crippen molar-refractivity contribution in [3.63, 3.8) is 0 Å². The lowest BCUT2D eigenvalue weighted by Crippen LogP contribution is -2.57. The Hall–Kier alpha value is -1.62. The summed E-state index contributed by atoms with van der Waals surface area (Å²) in [4.78, 5) is 15.4. The molecule has 0 amide bonds. The van der Waals surface area contributed by atoms with Crippen LogP contribution in [0, 0.1) is 18.7 Å². The zero-order chi connectivity index (χ0) is 15.0. The predicted octanol–water partition coefficient (Wildman–Crippen LogP) is 2.12. The smallest absolute Gasteiger partial charge is 0.322 e. The van der Waals surface area contributed by atoms with Crippen LogP contribution in [0.2, 0.25) is 0 Å². The Morgan fingerprint density at radius 3 is 2.76 bits per heavy atom. The van der Waals surface area contributed by atoms with Crippen molar-refractivity contribution in [2.75, 3.05) is 31.1 Å². The highest BCUT2D eigenvalue weighted by Crippen LogP contribution is 2.31. The summed E-state index contributed by atoms with van der Waals surface area (Å²) < 4.78 is 14.1. The highest BCUT2D eigenvalue weighted by Gasteiger charge is 2.36. The Morgan fingerprint density at radius 1 is 1.38 bits per heavy atom. The summed E-state index contributed by atoms with van der Waals surface area (Å²) in [5.41, 5.74) is 1.39. The molecule has 1 saturated carbocycles. The second-order valence-corrected chi connectivity index (χ2v) is 6.19. The van der Waals surface area contributed by atoms with Gasteiger partial charge in [-0.2, -0.15) is 0 Å². The van der Waals surface area contributed by atoms with E-state index in [4.69, 9.17) is 0 Å². The van der Waals surface area contributed by atoms with Crippen LogP contribution in [0.25, 0.3) is 0 Å². The highest BCUT2D eigenvalue weighted by atomic mass is 19.1. The minimum Gasteiger partial charge on any atom is -0.480 e. The van der Waals surface area contributed by atoms with Gasteiger partial charge in [-0.05, 0) is 43.4 Å². The Balaban J connectivity index is 1.75. The number of anilines is 1. The van der Waals surface area contributed by atoms with Crippen molar-refractivity contribution in [1.82, 2.24) is 4.90 Å². The Morgan fingerprint density at radius 2 is 2.14 bits per heavy atom. The third kappa shape index (κ3) is 3.18. The van der Waals surface area contributed by atoms with Gasteiger partial charge in [0, 0.05) is 26.2 Å². The molecule has 1 aromatic carbocycles. The highest BCUT2D eigenvalue weighted by molar-refractivity contribution is 5.75. The second kappa shape index (κ2) is 5.64. The molecule has 1 aliphatic carbocycles. The van der Waals surface area contributed by atoms with Gasteiger partial charge in [-0.3, -0.25) is 9.69 Å². The molecule has 21 heavy (non-hydrogen) atoms. The van der Waals surface area contributed by atoms with Crippen molar-refractivity contribution in [3.05, 3.63) is 29.6 Å². The molecule has 0 aromatic heterocycles. The lowest BCUT2D eigenvalue weighted by atomic mass is 10.1. The normalized spacial score (nSPS) is 23.3. The topological polar surface area (TPSA) is 43.8 Å². The molecule has 2 aliphatic rings. The predicted molar refractivity (Wildman–Crippen MR) is 79.1 cm³/mol. The summed E-state index contributed by atoms with van der Waals surface area (Å²) in [6.45, 7) is 4.42. The lowest BCUT2D eigenvalue weighted by Gasteiger charge is -2.40. The standard InChI is InChI=1S/C16H21FN2O2/c1-11-2-5-14(13(17)8-11)19-7-6-18(9-12-3-4-12)15(10-19)16(20)21/h2,5,8,12,15H,3-4,6-7,9-10H2,1H3,(H,20,21)/t15-/m0/s1. The maximum Gasteiger partial charge on any atom is 0.322 e. The van der Waals surface area contributed by atoms with E-state index in [0.717, 1.165) is 12.1 Å². The van der Waals surface area contributed by atoms with Crippen LogP contribution in [0.4, 0.5) is 10.1 Å². The van der Waals surface area contributed by atoms with E-state index in [1.165, 1.54) is 18.9 Å². The zero-order valence-electron chi connectivity index (χ0n) is 12.3. The number of carboxylic acid groups (broad SMARTS) is 1. The molecule has 0 radical (unpaired) electrons. The number of carboxylic acids is 1. The molecule has 114 valence electrons. The number of piperazine rings is 1. The molecule has 1 aromatic rings. The Bertz CT molecular complexity index is 545. The first-order chi connectivity index (χ1) is 10.0. The SMILES string of the molecule is Cc1ccc(N2CCN(CC3CC3)[C@H](C(=O)O)C2)c(F)c1. The fourth-order valence-electron chi connectivity index (χ4n) is 2.99. The first-order valence-corrected chi connectivity index (χ1v) is 7.52. The van der Waals surface area contributed by atoms with Gasteiger partial charge in [-0.25, -0.2) is 4.39 Å². The van der Waals surface area contributed by atoms with E-state index in [0.29, 0.717) is 31.2 Å². The number of aliphatic carboxylic acids is 1. The molecule has 0 spiro atoms. The molecular weight excluding hydrogens is 271 g/mol. The van der Waals surface area contributed by atoms with Crippen LogP contribution in [0.5, 0.6) is 0 Å². The Kier molecular flexibility index (Phi) is 3.85.